The van der Waals surface area contributed by atoms with Crippen LogP contribution in [0, 0.1) is 0 Å². The van der Waals surface area contributed by atoms with Gasteiger partial charge in [0, 0.05) is 6.42 Å². The summed E-state index contributed by atoms with van der Waals surface area (Å²) in [6.45, 7) is 4.08. The van der Waals surface area contributed by atoms with E-state index in [9.17, 15) is 20.1 Å². The van der Waals surface area contributed by atoms with Gasteiger partial charge >= 0.3 is 0 Å². The van der Waals surface area contributed by atoms with E-state index in [4.69, 9.17) is 0 Å². The summed E-state index contributed by atoms with van der Waals surface area (Å²) < 4.78 is 0. The Hall–Kier alpha value is -1.17. The van der Waals surface area contributed by atoms with Gasteiger partial charge in [0.1, 0.15) is 6.10 Å². The molecule has 5 nitrogen and oxygen atoms in total. The van der Waals surface area contributed by atoms with Crippen molar-refractivity contribution in [1.82, 2.24) is 5.32 Å². The van der Waals surface area contributed by atoms with Gasteiger partial charge < -0.3 is 20.6 Å². The van der Waals surface area contributed by atoms with Crippen LogP contribution in [0.15, 0.2) is 24.3 Å². The maximum absolute atomic E-state index is 12.4. The highest BCUT2D eigenvalue weighted by atomic mass is 16.3. The summed E-state index contributed by atoms with van der Waals surface area (Å²) >= 11 is 0. The molecule has 0 saturated carbocycles. The summed E-state index contributed by atoms with van der Waals surface area (Å²) in [7, 11) is 0. The molecule has 0 aromatic rings. The number of hydrogen-bond donors (Lipinski definition) is 4. The predicted octanol–water partition coefficient (Wildman–Crippen LogP) is 11.8. The Morgan fingerprint density at radius 1 is 0.542 bits per heavy atom. The number of amides is 1. The molecule has 0 aromatic carbocycles. The molecule has 284 valence electrons. The summed E-state index contributed by atoms with van der Waals surface area (Å²) in [6.07, 6.45) is 45.7. The third kappa shape index (κ3) is 33.3. The molecule has 0 fully saturated rings. The minimum absolute atomic E-state index is 0.145. The molecule has 0 spiro atoms. The number of carbonyl (C=O) groups excluding carboxylic acids is 1. The molecule has 1 amide bonds. The van der Waals surface area contributed by atoms with Crippen LogP contribution in [0.2, 0.25) is 0 Å². The van der Waals surface area contributed by atoms with Crippen molar-refractivity contribution in [2.24, 2.45) is 0 Å². The molecule has 0 aliphatic heterocycles. The van der Waals surface area contributed by atoms with Crippen LogP contribution in [0.1, 0.15) is 219 Å². The van der Waals surface area contributed by atoms with Gasteiger partial charge in [-0.2, -0.15) is 0 Å². The molecule has 48 heavy (non-hydrogen) atoms. The van der Waals surface area contributed by atoms with Crippen molar-refractivity contribution in [2.45, 2.75) is 238 Å². The van der Waals surface area contributed by atoms with Crippen molar-refractivity contribution in [3.8, 4) is 0 Å². The van der Waals surface area contributed by atoms with E-state index in [-0.39, 0.29) is 12.5 Å². The lowest BCUT2D eigenvalue weighted by atomic mass is 9.99. The zero-order valence-electron chi connectivity index (χ0n) is 32.1. The van der Waals surface area contributed by atoms with Gasteiger partial charge in [-0.05, 0) is 38.5 Å². The number of nitrogens with one attached hydrogen (secondary N) is 1. The van der Waals surface area contributed by atoms with Crippen LogP contribution in [0.25, 0.3) is 0 Å². The average molecular weight is 678 g/mol. The minimum Gasteiger partial charge on any atom is -0.394 e. The monoisotopic (exact) mass is 678 g/mol. The fourth-order valence-electron chi connectivity index (χ4n) is 6.55. The van der Waals surface area contributed by atoms with Crippen molar-refractivity contribution in [2.75, 3.05) is 6.61 Å². The van der Waals surface area contributed by atoms with Gasteiger partial charge in [0.15, 0.2) is 0 Å². The first-order valence-electron chi connectivity index (χ1n) is 21.1. The molecule has 0 rings (SSSR count). The summed E-state index contributed by atoms with van der Waals surface area (Å²) in [5.41, 5.74) is 0. The maximum Gasteiger partial charge on any atom is 0.220 e. The van der Waals surface area contributed by atoms with E-state index in [2.05, 4.69) is 43.5 Å². The van der Waals surface area contributed by atoms with Crippen LogP contribution in [0.4, 0.5) is 0 Å². The standard InChI is InChI=1S/C43H83NO4/c1-3-5-7-9-11-13-15-17-18-19-20-21-22-23-24-26-28-30-32-34-36-38-42(47)44-40(39-45)43(48)41(46)37-35-33-31-29-27-25-16-14-12-10-8-6-4-2/h5,7,11,13,40-41,43,45-46,48H,3-4,6,8-10,12,14-39H2,1-2H3,(H,44,47)/b7-5-,13-11-. The second-order valence-corrected chi connectivity index (χ2v) is 14.5. The quantitative estimate of drug-likeness (QED) is 0.0387. The second kappa shape index (κ2) is 38.6. The van der Waals surface area contributed by atoms with Crippen molar-refractivity contribution in [3.63, 3.8) is 0 Å². The molecule has 0 aromatic heterocycles. The molecule has 3 atom stereocenters. The van der Waals surface area contributed by atoms with Crippen molar-refractivity contribution in [3.05, 3.63) is 24.3 Å². The van der Waals surface area contributed by atoms with E-state index in [0.717, 1.165) is 51.4 Å². The molecule has 5 heteroatoms. The van der Waals surface area contributed by atoms with E-state index in [0.29, 0.717) is 12.8 Å². The van der Waals surface area contributed by atoms with E-state index >= 15 is 0 Å². The SMILES string of the molecule is CC/C=C\C/C=C\CCCCCCCCCCCCCCCCC(=O)NC(CO)C(O)C(O)CCCCCCCCCCCCCCC. The Kier molecular flexibility index (Phi) is 37.7. The third-order valence-corrected chi connectivity index (χ3v) is 9.82. The fourth-order valence-corrected chi connectivity index (χ4v) is 6.55. The molecule has 0 aliphatic carbocycles. The highest BCUT2D eigenvalue weighted by Crippen LogP contribution is 2.16. The molecule has 0 aliphatic rings. The van der Waals surface area contributed by atoms with Crippen molar-refractivity contribution in [1.29, 1.82) is 0 Å². The number of unbranched alkanes of at least 4 members (excludes halogenated alkanes) is 26. The van der Waals surface area contributed by atoms with Crippen LogP contribution in [-0.2, 0) is 4.79 Å². The second-order valence-electron chi connectivity index (χ2n) is 14.5. The van der Waals surface area contributed by atoms with Gasteiger partial charge in [0.25, 0.3) is 0 Å². The van der Waals surface area contributed by atoms with Crippen LogP contribution in [0.5, 0.6) is 0 Å². The van der Waals surface area contributed by atoms with Crippen LogP contribution >= 0.6 is 0 Å². The summed E-state index contributed by atoms with van der Waals surface area (Å²) in [5.74, 6) is -0.145. The summed E-state index contributed by atoms with van der Waals surface area (Å²) in [5, 5.41) is 33.5. The van der Waals surface area contributed by atoms with Crippen molar-refractivity contribution < 1.29 is 20.1 Å². The number of aliphatic hydroxyl groups excluding tert-OH is 3. The van der Waals surface area contributed by atoms with Crippen LogP contribution in [0.3, 0.4) is 0 Å². The molecule has 3 unspecified atom stereocenters. The maximum atomic E-state index is 12.4. The summed E-state index contributed by atoms with van der Waals surface area (Å²) in [6, 6.07) is -0.806. The Bertz CT molecular complexity index is 709. The molecule has 4 N–H and O–H groups in total. The zero-order valence-corrected chi connectivity index (χ0v) is 32.1. The fraction of sp³-hybridized carbons (Fsp3) is 0.884. The lowest BCUT2D eigenvalue weighted by Gasteiger charge is -2.26. The third-order valence-electron chi connectivity index (χ3n) is 9.82. The molecule has 0 radical (unpaired) electrons. The minimum atomic E-state index is -1.13. The van der Waals surface area contributed by atoms with E-state index < -0.39 is 18.2 Å². The number of rotatable bonds is 38. The first-order valence-corrected chi connectivity index (χ1v) is 21.1. The van der Waals surface area contributed by atoms with Crippen LogP contribution in [-0.4, -0.2) is 46.1 Å². The van der Waals surface area contributed by atoms with Gasteiger partial charge in [-0.1, -0.05) is 199 Å². The Morgan fingerprint density at radius 2 is 0.958 bits per heavy atom. The van der Waals surface area contributed by atoms with Gasteiger partial charge in [0.2, 0.25) is 5.91 Å². The van der Waals surface area contributed by atoms with E-state index in [1.807, 2.05) is 0 Å². The Labute approximate surface area is 299 Å². The van der Waals surface area contributed by atoms with Gasteiger partial charge in [-0.3, -0.25) is 4.79 Å². The first kappa shape index (κ1) is 46.8. The van der Waals surface area contributed by atoms with E-state index in [1.165, 1.54) is 141 Å². The van der Waals surface area contributed by atoms with Gasteiger partial charge in [0.05, 0.1) is 18.8 Å². The largest absolute Gasteiger partial charge is 0.394 e. The molecule has 0 saturated heterocycles. The Balaban J connectivity index is 3.60. The zero-order chi connectivity index (χ0) is 35.2. The predicted molar refractivity (Wildman–Crippen MR) is 208 cm³/mol. The highest BCUT2D eigenvalue weighted by molar-refractivity contribution is 5.76. The normalized spacial score (nSPS) is 13.9. The molecular weight excluding hydrogens is 594 g/mol. The molecule has 0 heterocycles. The Morgan fingerprint density at radius 3 is 1.42 bits per heavy atom. The number of carbonyl (C=O) groups is 1. The van der Waals surface area contributed by atoms with Gasteiger partial charge in [-0.25, -0.2) is 0 Å². The lowest BCUT2D eigenvalue weighted by molar-refractivity contribution is -0.124. The average Bonchev–Trinajstić information content (AvgIpc) is 3.09. The summed E-state index contributed by atoms with van der Waals surface area (Å²) in [4.78, 5) is 12.4. The van der Waals surface area contributed by atoms with Crippen LogP contribution < -0.4 is 5.32 Å². The topological polar surface area (TPSA) is 89.8 Å². The number of allylic oxidation sites excluding steroid dienone is 4. The lowest BCUT2D eigenvalue weighted by Crippen LogP contribution is -2.50. The molecule has 0 bridgehead atoms. The van der Waals surface area contributed by atoms with Gasteiger partial charge in [-0.15, -0.1) is 0 Å². The smallest absolute Gasteiger partial charge is 0.220 e. The van der Waals surface area contributed by atoms with E-state index in [1.54, 1.807) is 0 Å². The van der Waals surface area contributed by atoms with Crippen molar-refractivity contribution >= 4 is 5.91 Å². The highest BCUT2D eigenvalue weighted by Gasteiger charge is 2.26. The first-order chi connectivity index (χ1) is 23.6. The molecular formula is C43H83NO4. The number of hydrogen-bond acceptors (Lipinski definition) is 4. The number of aliphatic hydroxyl groups is 3.